The minimum atomic E-state index is -0.373. The second-order valence-corrected chi connectivity index (χ2v) is 7.82. The molecule has 0 atom stereocenters. The number of benzene rings is 2. The molecule has 0 saturated carbocycles. The third-order valence-electron chi connectivity index (χ3n) is 4.14. The van der Waals surface area contributed by atoms with Gasteiger partial charge in [0, 0.05) is 10.7 Å². The van der Waals surface area contributed by atoms with Gasteiger partial charge in [0.15, 0.2) is 17.5 Å². The van der Waals surface area contributed by atoms with E-state index in [2.05, 4.69) is 15.6 Å². The number of nitrogens with one attached hydrogen (secondary N) is 2. The first-order chi connectivity index (χ1) is 14.5. The predicted molar refractivity (Wildman–Crippen MR) is 117 cm³/mol. The van der Waals surface area contributed by atoms with Gasteiger partial charge in [-0.1, -0.05) is 22.9 Å². The normalized spacial score (nSPS) is 10.7. The van der Waals surface area contributed by atoms with Crippen LogP contribution in [0.4, 0.5) is 10.8 Å². The summed E-state index contributed by atoms with van der Waals surface area (Å²) in [6, 6.07) is 13.7. The van der Waals surface area contributed by atoms with Gasteiger partial charge in [0.25, 0.3) is 11.8 Å². The van der Waals surface area contributed by atoms with Crippen LogP contribution in [0.15, 0.2) is 59.2 Å². The van der Waals surface area contributed by atoms with E-state index in [0.717, 1.165) is 10.3 Å². The molecule has 0 bridgehead atoms. The molecule has 0 fully saturated rings. The molecular formula is C21H16ClN3O4S. The van der Waals surface area contributed by atoms with Crippen molar-refractivity contribution in [2.45, 2.75) is 6.92 Å². The smallest absolute Gasteiger partial charge is 0.293 e. The molecule has 2 amide bonds. The molecule has 2 aromatic heterocycles. The van der Waals surface area contributed by atoms with E-state index < -0.39 is 0 Å². The molecule has 0 saturated heterocycles. The zero-order chi connectivity index (χ0) is 21.1. The van der Waals surface area contributed by atoms with E-state index in [1.807, 2.05) is 6.92 Å². The highest BCUT2D eigenvalue weighted by molar-refractivity contribution is 7.22. The maximum atomic E-state index is 12.2. The van der Waals surface area contributed by atoms with E-state index in [9.17, 15) is 9.59 Å². The molecule has 0 unspecified atom stereocenters. The predicted octanol–water partition coefficient (Wildman–Crippen LogP) is 5.12. The van der Waals surface area contributed by atoms with Gasteiger partial charge in [-0.3, -0.25) is 14.9 Å². The highest BCUT2D eigenvalue weighted by atomic mass is 35.5. The van der Waals surface area contributed by atoms with E-state index in [0.29, 0.717) is 27.1 Å². The molecule has 30 heavy (non-hydrogen) atoms. The third-order valence-corrected chi connectivity index (χ3v) is 5.49. The molecular weight excluding hydrogens is 426 g/mol. The van der Waals surface area contributed by atoms with E-state index in [1.54, 1.807) is 48.5 Å². The maximum Gasteiger partial charge on any atom is 0.293 e. The molecule has 2 N–H and O–H groups in total. The zero-order valence-electron chi connectivity index (χ0n) is 15.8. The van der Waals surface area contributed by atoms with Crippen molar-refractivity contribution in [2.75, 3.05) is 17.2 Å². The lowest BCUT2D eigenvalue weighted by Crippen LogP contribution is -2.20. The number of hydrogen-bond acceptors (Lipinski definition) is 6. The molecule has 152 valence electrons. The van der Waals surface area contributed by atoms with Crippen LogP contribution in [0.2, 0.25) is 5.02 Å². The number of amides is 2. The van der Waals surface area contributed by atoms with Gasteiger partial charge in [-0.15, -0.1) is 0 Å². The second kappa shape index (κ2) is 8.56. The number of halogens is 1. The van der Waals surface area contributed by atoms with Gasteiger partial charge in [-0.2, -0.15) is 0 Å². The van der Waals surface area contributed by atoms with Crippen molar-refractivity contribution in [1.82, 2.24) is 4.98 Å². The van der Waals surface area contributed by atoms with Crippen LogP contribution >= 0.6 is 22.9 Å². The number of carbonyl (C=O) groups excluding carboxylic acids is 2. The average molecular weight is 442 g/mol. The Balaban J connectivity index is 1.38. The SMILES string of the molecule is Cc1cc(OCC(=O)Nc2ccc3nc(NC(=O)c4ccco4)sc3c2)ccc1Cl. The van der Waals surface area contributed by atoms with Gasteiger partial charge in [-0.25, -0.2) is 4.98 Å². The fraction of sp³-hybridized carbons (Fsp3) is 0.0952. The first-order valence-corrected chi connectivity index (χ1v) is 10.1. The van der Waals surface area contributed by atoms with Gasteiger partial charge in [0.1, 0.15) is 5.75 Å². The van der Waals surface area contributed by atoms with Crippen LogP contribution in [0.3, 0.4) is 0 Å². The summed E-state index contributed by atoms with van der Waals surface area (Å²) in [5, 5.41) is 6.57. The Morgan fingerprint density at radius 3 is 2.80 bits per heavy atom. The number of rotatable bonds is 6. The summed E-state index contributed by atoms with van der Waals surface area (Å²) >= 11 is 7.28. The number of thiazole rings is 1. The van der Waals surface area contributed by atoms with Gasteiger partial charge >= 0.3 is 0 Å². The average Bonchev–Trinajstić information content (AvgIpc) is 3.38. The lowest BCUT2D eigenvalue weighted by Gasteiger charge is -2.08. The molecule has 4 rings (SSSR count). The number of fused-ring (bicyclic) bond motifs is 1. The third kappa shape index (κ3) is 4.61. The Kier molecular flexibility index (Phi) is 5.69. The number of nitrogens with zero attached hydrogens (tertiary/aromatic N) is 1. The molecule has 2 aromatic carbocycles. The lowest BCUT2D eigenvalue weighted by atomic mass is 10.2. The molecule has 2 heterocycles. The van der Waals surface area contributed by atoms with Gasteiger partial charge in [-0.05, 0) is 61.0 Å². The van der Waals surface area contributed by atoms with Crippen molar-refractivity contribution >= 4 is 55.8 Å². The Hall–Kier alpha value is -3.36. The second-order valence-electron chi connectivity index (χ2n) is 6.38. The highest BCUT2D eigenvalue weighted by Gasteiger charge is 2.13. The summed E-state index contributed by atoms with van der Waals surface area (Å²) in [5.74, 6) is 0.111. The van der Waals surface area contributed by atoms with Crippen molar-refractivity contribution in [3.8, 4) is 5.75 Å². The van der Waals surface area contributed by atoms with Gasteiger partial charge in [0.05, 0.1) is 16.5 Å². The molecule has 4 aromatic rings. The Bertz CT molecular complexity index is 1220. The van der Waals surface area contributed by atoms with E-state index in [-0.39, 0.29) is 24.2 Å². The fourth-order valence-electron chi connectivity index (χ4n) is 2.68. The highest BCUT2D eigenvalue weighted by Crippen LogP contribution is 2.29. The lowest BCUT2D eigenvalue weighted by molar-refractivity contribution is -0.118. The summed E-state index contributed by atoms with van der Waals surface area (Å²) in [5.41, 5.74) is 2.19. The summed E-state index contributed by atoms with van der Waals surface area (Å²) in [6.07, 6.45) is 1.43. The molecule has 0 spiro atoms. The van der Waals surface area contributed by atoms with E-state index >= 15 is 0 Å². The van der Waals surface area contributed by atoms with Crippen LogP contribution in [-0.4, -0.2) is 23.4 Å². The molecule has 0 aliphatic rings. The van der Waals surface area contributed by atoms with Crippen molar-refractivity contribution in [3.63, 3.8) is 0 Å². The minimum Gasteiger partial charge on any atom is -0.484 e. The monoisotopic (exact) mass is 441 g/mol. The van der Waals surface area contributed by atoms with Crippen LogP contribution in [-0.2, 0) is 4.79 Å². The van der Waals surface area contributed by atoms with Crippen molar-refractivity contribution in [3.05, 3.63) is 71.1 Å². The van der Waals surface area contributed by atoms with E-state index in [4.69, 9.17) is 20.8 Å². The summed E-state index contributed by atoms with van der Waals surface area (Å²) in [4.78, 5) is 28.7. The topological polar surface area (TPSA) is 93.5 Å². The summed E-state index contributed by atoms with van der Waals surface area (Å²) in [6.45, 7) is 1.73. The minimum absolute atomic E-state index is 0.133. The maximum absolute atomic E-state index is 12.2. The number of aryl methyl sites for hydroxylation is 1. The van der Waals surface area contributed by atoms with Crippen LogP contribution in [0, 0.1) is 6.92 Å². The largest absolute Gasteiger partial charge is 0.484 e. The van der Waals surface area contributed by atoms with Gasteiger partial charge < -0.3 is 14.5 Å². The number of furan rings is 1. The first kappa shape index (κ1) is 19.9. The van der Waals surface area contributed by atoms with Crippen LogP contribution in [0.5, 0.6) is 5.75 Å². The molecule has 0 radical (unpaired) electrons. The van der Waals surface area contributed by atoms with Crippen molar-refractivity contribution in [2.24, 2.45) is 0 Å². The molecule has 9 heteroatoms. The van der Waals surface area contributed by atoms with Crippen LogP contribution in [0.25, 0.3) is 10.2 Å². The Labute approximate surface area is 180 Å². The number of anilines is 2. The summed E-state index contributed by atoms with van der Waals surface area (Å²) < 4.78 is 11.4. The van der Waals surface area contributed by atoms with Crippen molar-refractivity contribution < 1.29 is 18.7 Å². The quantitative estimate of drug-likeness (QED) is 0.433. The van der Waals surface area contributed by atoms with Gasteiger partial charge in [0.2, 0.25) is 0 Å². The molecule has 7 nitrogen and oxygen atoms in total. The van der Waals surface area contributed by atoms with Crippen LogP contribution in [0.1, 0.15) is 16.1 Å². The fourth-order valence-corrected chi connectivity index (χ4v) is 3.69. The standard InChI is InChI=1S/C21H16ClN3O4S/c1-12-9-14(5-6-15(12)22)29-11-19(26)23-13-4-7-16-18(10-13)30-21(24-16)25-20(27)17-3-2-8-28-17/h2-10H,11H2,1H3,(H,23,26)(H,24,25,27). The van der Waals surface area contributed by atoms with Crippen LogP contribution < -0.4 is 15.4 Å². The zero-order valence-corrected chi connectivity index (χ0v) is 17.3. The molecule has 0 aliphatic carbocycles. The van der Waals surface area contributed by atoms with E-state index in [1.165, 1.54) is 17.6 Å². The molecule has 0 aliphatic heterocycles. The number of hydrogen-bond donors (Lipinski definition) is 2. The number of carbonyl (C=O) groups is 2. The number of ether oxygens (including phenoxy) is 1. The van der Waals surface area contributed by atoms with Crippen molar-refractivity contribution in [1.29, 1.82) is 0 Å². The summed E-state index contributed by atoms with van der Waals surface area (Å²) in [7, 11) is 0. The first-order valence-electron chi connectivity index (χ1n) is 8.92. The number of aromatic nitrogens is 1. The Morgan fingerprint density at radius 1 is 1.17 bits per heavy atom. The Morgan fingerprint density at radius 2 is 2.03 bits per heavy atom.